The highest BCUT2D eigenvalue weighted by atomic mass is 16.3. The Balaban J connectivity index is 2.18. The average molecular weight is 252 g/mol. The van der Waals surface area contributed by atoms with E-state index in [2.05, 4.69) is 10.6 Å². The first-order valence-electron chi connectivity index (χ1n) is 6.01. The van der Waals surface area contributed by atoms with Crippen molar-refractivity contribution in [2.75, 3.05) is 19.6 Å². The molecule has 0 spiro atoms. The van der Waals surface area contributed by atoms with Gasteiger partial charge in [-0.05, 0) is 24.6 Å². The van der Waals surface area contributed by atoms with Crippen molar-refractivity contribution in [3.8, 4) is 5.75 Å². The summed E-state index contributed by atoms with van der Waals surface area (Å²) in [7, 11) is 0. The van der Waals surface area contributed by atoms with Gasteiger partial charge >= 0.3 is 0 Å². The molecule has 100 valence electrons. The summed E-state index contributed by atoms with van der Waals surface area (Å²) in [5, 5.41) is 24.0. The van der Waals surface area contributed by atoms with Crippen LogP contribution in [0.4, 0.5) is 0 Å². The van der Waals surface area contributed by atoms with E-state index in [1.807, 2.05) is 0 Å². The Morgan fingerprint density at radius 1 is 1.39 bits per heavy atom. The fourth-order valence-electron chi connectivity index (χ4n) is 1.52. The second-order valence-electron chi connectivity index (χ2n) is 4.25. The number of aliphatic hydroxyl groups is 1. The standard InChI is InChI=1S/C13H20N2O3/c1-10(16)9-14-5-6-15-13(18)8-11-3-2-4-12(17)7-11/h2-4,7,10,14,16-17H,5-6,8-9H2,1H3,(H,15,18). The number of rotatable bonds is 7. The van der Waals surface area contributed by atoms with Gasteiger partial charge in [0.05, 0.1) is 12.5 Å². The molecule has 0 aromatic heterocycles. The van der Waals surface area contributed by atoms with E-state index in [0.717, 1.165) is 5.56 Å². The monoisotopic (exact) mass is 252 g/mol. The maximum atomic E-state index is 11.6. The minimum Gasteiger partial charge on any atom is -0.508 e. The average Bonchev–Trinajstić information content (AvgIpc) is 2.28. The molecule has 0 bridgehead atoms. The Morgan fingerprint density at radius 3 is 2.83 bits per heavy atom. The third-order valence-electron chi connectivity index (χ3n) is 2.34. The highest BCUT2D eigenvalue weighted by Gasteiger charge is 2.03. The molecule has 5 nitrogen and oxygen atoms in total. The lowest BCUT2D eigenvalue weighted by molar-refractivity contribution is -0.120. The second-order valence-corrected chi connectivity index (χ2v) is 4.25. The molecule has 1 rings (SSSR count). The zero-order valence-corrected chi connectivity index (χ0v) is 10.5. The summed E-state index contributed by atoms with van der Waals surface area (Å²) >= 11 is 0. The molecule has 0 radical (unpaired) electrons. The van der Waals surface area contributed by atoms with Gasteiger partial charge in [-0.3, -0.25) is 4.79 Å². The Morgan fingerprint density at radius 2 is 2.17 bits per heavy atom. The Bertz CT molecular complexity index is 380. The lowest BCUT2D eigenvalue weighted by Gasteiger charge is -2.08. The molecular weight excluding hydrogens is 232 g/mol. The molecule has 0 aliphatic heterocycles. The third kappa shape index (κ3) is 6.22. The van der Waals surface area contributed by atoms with E-state index in [-0.39, 0.29) is 24.2 Å². The van der Waals surface area contributed by atoms with E-state index >= 15 is 0 Å². The minimum atomic E-state index is -0.381. The molecule has 1 aromatic carbocycles. The highest BCUT2D eigenvalue weighted by molar-refractivity contribution is 5.78. The van der Waals surface area contributed by atoms with Crippen molar-refractivity contribution in [2.24, 2.45) is 0 Å². The smallest absolute Gasteiger partial charge is 0.224 e. The molecule has 0 aliphatic carbocycles. The number of phenols is 1. The van der Waals surface area contributed by atoms with Crippen molar-refractivity contribution in [2.45, 2.75) is 19.4 Å². The van der Waals surface area contributed by atoms with Gasteiger partial charge in [0, 0.05) is 19.6 Å². The van der Waals surface area contributed by atoms with E-state index in [9.17, 15) is 9.90 Å². The van der Waals surface area contributed by atoms with E-state index in [1.165, 1.54) is 0 Å². The summed E-state index contributed by atoms with van der Waals surface area (Å²) in [5.74, 6) is 0.0818. The number of phenolic OH excluding ortho intramolecular Hbond substituents is 1. The van der Waals surface area contributed by atoms with Crippen molar-refractivity contribution in [1.82, 2.24) is 10.6 Å². The summed E-state index contributed by atoms with van der Waals surface area (Å²) < 4.78 is 0. The predicted octanol–water partition coefficient (Wildman–Crippen LogP) is 0.0213. The first-order valence-corrected chi connectivity index (χ1v) is 6.01. The van der Waals surface area contributed by atoms with Crippen LogP contribution in [0.5, 0.6) is 5.75 Å². The van der Waals surface area contributed by atoms with Crippen molar-refractivity contribution in [1.29, 1.82) is 0 Å². The Hall–Kier alpha value is -1.59. The van der Waals surface area contributed by atoms with Crippen LogP contribution in [0.1, 0.15) is 12.5 Å². The van der Waals surface area contributed by atoms with Crippen molar-refractivity contribution in [3.05, 3.63) is 29.8 Å². The van der Waals surface area contributed by atoms with Gasteiger partial charge in [0.2, 0.25) is 5.91 Å². The van der Waals surface area contributed by atoms with E-state index in [0.29, 0.717) is 19.6 Å². The number of nitrogens with one attached hydrogen (secondary N) is 2. The van der Waals surface area contributed by atoms with Gasteiger partial charge in [-0.15, -0.1) is 0 Å². The molecule has 18 heavy (non-hydrogen) atoms. The predicted molar refractivity (Wildman–Crippen MR) is 69.4 cm³/mol. The van der Waals surface area contributed by atoms with Crippen molar-refractivity contribution < 1.29 is 15.0 Å². The van der Waals surface area contributed by atoms with Crippen LogP contribution in [0.15, 0.2) is 24.3 Å². The van der Waals surface area contributed by atoms with Gasteiger partial charge in [0.15, 0.2) is 0 Å². The SMILES string of the molecule is CC(O)CNCCNC(=O)Cc1cccc(O)c1. The second kappa shape index (κ2) is 7.68. The van der Waals surface area contributed by atoms with Gasteiger partial charge in [0.25, 0.3) is 0 Å². The minimum absolute atomic E-state index is 0.0838. The van der Waals surface area contributed by atoms with Gasteiger partial charge in [-0.2, -0.15) is 0 Å². The third-order valence-corrected chi connectivity index (χ3v) is 2.34. The van der Waals surface area contributed by atoms with Crippen LogP contribution < -0.4 is 10.6 Å². The molecule has 1 unspecified atom stereocenters. The largest absolute Gasteiger partial charge is 0.508 e. The van der Waals surface area contributed by atoms with Crippen LogP contribution in [-0.4, -0.2) is 41.9 Å². The van der Waals surface area contributed by atoms with E-state index < -0.39 is 0 Å². The van der Waals surface area contributed by atoms with Crippen LogP contribution in [0.3, 0.4) is 0 Å². The maximum absolute atomic E-state index is 11.6. The molecule has 1 amide bonds. The van der Waals surface area contributed by atoms with E-state index in [4.69, 9.17) is 5.11 Å². The first kappa shape index (κ1) is 14.5. The summed E-state index contributed by atoms with van der Waals surface area (Å²) in [6.07, 6.45) is -0.127. The summed E-state index contributed by atoms with van der Waals surface area (Å²) in [6.45, 7) is 3.36. The lowest BCUT2D eigenvalue weighted by Crippen LogP contribution is -2.35. The van der Waals surface area contributed by atoms with Crippen molar-refractivity contribution in [3.63, 3.8) is 0 Å². The number of hydrogen-bond donors (Lipinski definition) is 4. The Labute approximate surface area is 107 Å². The number of hydrogen-bond acceptors (Lipinski definition) is 4. The van der Waals surface area contributed by atoms with Gasteiger partial charge < -0.3 is 20.8 Å². The van der Waals surface area contributed by atoms with Crippen LogP contribution in [0.2, 0.25) is 0 Å². The van der Waals surface area contributed by atoms with Crippen LogP contribution in [0, 0.1) is 0 Å². The molecule has 0 fully saturated rings. The molecule has 0 aliphatic rings. The van der Waals surface area contributed by atoms with Crippen LogP contribution in [-0.2, 0) is 11.2 Å². The van der Waals surface area contributed by atoms with Gasteiger partial charge in [-0.25, -0.2) is 0 Å². The normalized spacial score (nSPS) is 12.1. The number of benzene rings is 1. The van der Waals surface area contributed by atoms with Crippen molar-refractivity contribution >= 4 is 5.91 Å². The molecule has 5 heteroatoms. The first-order chi connectivity index (χ1) is 8.58. The highest BCUT2D eigenvalue weighted by Crippen LogP contribution is 2.10. The Kier molecular flexibility index (Phi) is 6.18. The number of carbonyl (C=O) groups is 1. The number of aromatic hydroxyl groups is 1. The molecule has 1 atom stereocenters. The van der Waals surface area contributed by atoms with Crippen LogP contribution in [0.25, 0.3) is 0 Å². The van der Waals surface area contributed by atoms with Gasteiger partial charge in [-0.1, -0.05) is 12.1 Å². The zero-order valence-electron chi connectivity index (χ0n) is 10.5. The van der Waals surface area contributed by atoms with Crippen LogP contribution >= 0.6 is 0 Å². The fraction of sp³-hybridized carbons (Fsp3) is 0.462. The molecule has 1 aromatic rings. The molecule has 0 saturated carbocycles. The topological polar surface area (TPSA) is 81.6 Å². The fourth-order valence-corrected chi connectivity index (χ4v) is 1.52. The quantitative estimate of drug-likeness (QED) is 0.516. The molecule has 4 N–H and O–H groups in total. The summed E-state index contributed by atoms with van der Waals surface area (Å²) in [5.41, 5.74) is 0.782. The summed E-state index contributed by atoms with van der Waals surface area (Å²) in [6, 6.07) is 6.65. The zero-order chi connectivity index (χ0) is 13.4. The molecular formula is C13H20N2O3. The number of carbonyl (C=O) groups excluding carboxylic acids is 1. The molecule has 0 heterocycles. The lowest BCUT2D eigenvalue weighted by atomic mass is 10.1. The maximum Gasteiger partial charge on any atom is 0.224 e. The number of amides is 1. The van der Waals surface area contributed by atoms with E-state index in [1.54, 1.807) is 31.2 Å². The van der Waals surface area contributed by atoms with Gasteiger partial charge in [0.1, 0.15) is 5.75 Å². The molecule has 0 saturated heterocycles. The number of aliphatic hydroxyl groups excluding tert-OH is 1. The summed E-state index contributed by atoms with van der Waals surface area (Å²) in [4.78, 5) is 11.6.